The number of carbonyl (C=O) groups is 1. The summed E-state index contributed by atoms with van der Waals surface area (Å²) < 4.78 is 5.42. The molecule has 1 saturated heterocycles. The molecular weight excluding hydrogens is 266 g/mol. The Balaban J connectivity index is 1.95. The van der Waals surface area contributed by atoms with Gasteiger partial charge in [0.05, 0.1) is 0 Å². The van der Waals surface area contributed by atoms with Crippen LogP contribution in [0.1, 0.15) is 32.8 Å². The third kappa shape index (κ3) is 4.09. The van der Waals surface area contributed by atoms with Crippen LogP contribution in [0, 0.1) is 6.92 Å². The Kier molecular flexibility index (Phi) is 4.40. The maximum Gasteiger partial charge on any atom is 0.410 e. The zero-order chi connectivity index (χ0) is 15.6. The molecule has 1 aromatic heterocycles. The van der Waals surface area contributed by atoms with E-state index in [0.717, 1.165) is 24.3 Å². The number of pyridine rings is 1. The van der Waals surface area contributed by atoms with Crippen molar-refractivity contribution >= 4 is 11.9 Å². The molecule has 0 saturated carbocycles. The van der Waals surface area contributed by atoms with E-state index in [0.29, 0.717) is 6.54 Å². The van der Waals surface area contributed by atoms with Gasteiger partial charge >= 0.3 is 6.09 Å². The van der Waals surface area contributed by atoms with Crippen molar-refractivity contribution in [3.05, 3.63) is 23.9 Å². The molecule has 0 radical (unpaired) electrons. The molecule has 1 fully saturated rings. The van der Waals surface area contributed by atoms with Crippen LogP contribution in [-0.2, 0) is 4.74 Å². The van der Waals surface area contributed by atoms with Crippen LogP contribution in [0.25, 0.3) is 0 Å². The minimum Gasteiger partial charge on any atom is -0.444 e. The predicted octanol–water partition coefficient (Wildman–Crippen LogP) is 2.84. The minimum absolute atomic E-state index is 0.227. The summed E-state index contributed by atoms with van der Waals surface area (Å²) in [6.07, 6.45) is 2.58. The number of amides is 1. The summed E-state index contributed by atoms with van der Waals surface area (Å²) in [5.74, 6) is 0.941. The molecule has 0 aliphatic carbocycles. The van der Waals surface area contributed by atoms with Gasteiger partial charge in [-0.25, -0.2) is 9.78 Å². The quantitative estimate of drug-likeness (QED) is 0.840. The fourth-order valence-corrected chi connectivity index (χ4v) is 2.41. The highest BCUT2D eigenvalue weighted by Gasteiger charge is 2.32. The number of aryl methyl sites for hydroxylation is 1. The fraction of sp³-hybridized carbons (Fsp3) is 0.625. The van der Waals surface area contributed by atoms with E-state index in [1.807, 2.05) is 47.0 Å². The van der Waals surface area contributed by atoms with Crippen molar-refractivity contribution in [2.45, 2.75) is 45.8 Å². The molecule has 0 spiro atoms. The summed E-state index contributed by atoms with van der Waals surface area (Å²) in [6, 6.07) is 4.36. The van der Waals surface area contributed by atoms with Crippen molar-refractivity contribution in [3.8, 4) is 0 Å². The Bertz CT molecular complexity index is 493. The number of hydrogen-bond acceptors (Lipinski definition) is 4. The molecule has 5 heteroatoms. The molecule has 0 aromatic carbocycles. The monoisotopic (exact) mass is 291 g/mol. The topological polar surface area (TPSA) is 45.7 Å². The van der Waals surface area contributed by atoms with Crippen molar-refractivity contribution < 1.29 is 9.53 Å². The normalized spacial score (nSPS) is 18.7. The van der Waals surface area contributed by atoms with Crippen LogP contribution in [0.5, 0.6) is 0 Å². The Labute approximate surface area is 126 Å². The Morgan fingerprint density at radius 2 is 2.14 bits per heavy atom. The van der Waals surface area contributed by atoms with Crippen molar-refractivity contribution in [1.29, 1.82) is 0 Å². The van der Waals surface area contributed by atoms with Crippen LogP contribution in [0.3, 0.4) is 0 Å². The molecule has 0 bridgehead atoms. The lowest BCUT2D eigenvalue weighted by atomic mass is 10.2. The highest BCUT2D eigenvalue weighted by atomic mass is 16.6. The van der Waals surface area contributed by atoms with Crippen molar-refractivity contribution in [1.82, 2.24) is 9.88 Å². The first kappa shape index (κ1) is 15.6. The summed E-state index contributed by atoms with van der Waals surface area (Å²) in [4.78, 5) is 20.4. The van der Waals surface area contributed by atoms with Crippen LogP contribution in [0.15, 0.2) is 18.3 Å². The van der Waals surface area contributed by atoms with Crippen molar-refractivity contribution in [3.63, 3.8) is 0 Å². The third-order valence-electron chi connectivity index (χ3n) is 3.62. The first-order chi connectivity index (χ1) is 9.76. The second-order valence-corrected chi connectivity index (χ2v) is 6.67. The molecule has 1 aliphatic rings. The maximum absolute atomic E-state index is 12.1. The lowest BCUT2D eigenvalue weighted by Gasteiger charge is -2.27. The predicted molar refractivity (Wildman–Crippen MR) is 83.6 cm³/mol. The van der Waals surface area contributed by atoms with Gasteiger partial charge in [-0.05, 0) is 45.7 Å². The zero-order valence-corrected chi connectivity index (χ0v) is 13.6. The Morgan fingerprint density at radius 1 is 1.43 bits per heavy atom. The van der Waals surface area contributed by atoms with Crippen molar-refractivity contribution in [2.24, 2.45) is 0 Å². The Morgan fingerprint density at radius 3 is 2.71 bits per heavy atom. The number of carbonyl (C=O) groups excluding carboxylic acids is 1. The average Bonchev–Trinajstić information content (AvgIpc) is 2.86. The molecule has 1 aromatic rings. The SMILES string of the molecule is Cc1ccc(N(C)[C@H]2CCN(C(=O)OC(C)(C)C)C2)nc1. The van der Waals surface area contributed by atoms with Gasteiger partial charge in [-0.2, -0.15) is 0 Å². The van der Waals surface area contributed by atoms with Crippen LogP contribution in [0.4, 0.5) is 10.6 Å². The smallest absolute Gasteiger partial charge is 0.410 e. The fourth-order valence-electron chi connectivity index (χ4n) is 2.41. The molecule has 2 rings (SSSR count). The largest absolute Gasteiger partial charge is 0.444 e. The first-order valence-electron chi connectivity index (χ1n) is 7.40. The number of likely N-dealkylation sites (tertiary alicyclic amines) is 1. The lowest BCUT2D eigenvalue weighted by Crippen LogP contribution is -2.39. The number of rotatable bonds is 2. The zero-order valence-electron chi connectivity index (χ0n) is 13.6. The molecule has 1 atom stereocenters. The van der Waals surface area contributed by atoms with Gasteiger partial charge < -0.3 is 14.5 Å². The number of ether oxygens (including phenoxy) is 1. The maximum atomic E-state index is 12.1. The molecule has 0 unspecified atom stereocenters. The number of aromatic nitrogens is 1. The van der Waals surface area contributed by atoms with Gasteiger partial charge in [-0.15, -0.1) is 0 Å². The van der Waals surface area contributed by atoms with Gasteiger partial charge in [0, 0.05) is 32.4 Å². The highest BCUT2D eigenvalue weighted by Crippen LogP contribution is 2.21. The van der Waals surface area contributed by atoms with E-state index < -0.39 is 5.60 Å². The van der Waals surface area contributed by atoms with Crippen molar-refractivity contribution in [2.75, 3.05) is 25.0 Å². The number of likely N-dealkylation sites (N-methyl/N-ethyl adjacent to an activating group) is 1. The molecule has 116 valence electrons. The molecular formula is C16H25N3O2. The average molecular weight is 291 g/mol. The van der Waals surface area contributed by atoms with E-state index in [1.165, 1.54) is 0 Å². The second kappa shape index (κ2) is 5.92. The van der Waals surface area contributed by atoms with Crippen LogP contribution in [-0.4, -0.2) is 47.8 Å². The molecule has 1 aliphatic heterocycles. The standard InChI is InChI=1S/C16H25N3O2/c1-12-6-7-14(17-10-12)18(5)13-8-9-19(11-13)15(20)21-16(2,3)4/h6-7,10,13H,8-9,11H2,1-5H3/t13-/m0/s1. The summed E-state index contributed by atoms with van der Waals surface area (Å²) in [5, 5.41) is 0. The minimum atomic E-state index is -0.445. The van der Waals surface area contributed by atoms with E-state index in [9.17, 15) is 4.79 Å². The van der Waals surface area contributed by atoms with Gasteiger partial charge in [0.1, 0.15) is 11.4 Å². The molecule has 2 heterocycles. The summed E-state index contributed by atoms with van der Waals surface area (Å²) in [7, 11) is 2.03. The van der Waals surface area contributed by atoms with Crippen LogP contribution < -0.4 is 4.90 Å². The van der Waals surface area contributed by atoms with E-state index >= 15 is 0 Å². The molecule has 0 N–H and O–H groups in total. The van der Waals surface area contributed by atoms with E-state index in [-0.39, 0.29) is 12.1 Å². The van der Waals surface area contributed by atoms with Gasteiger partial charge in [0.15, 0.2) is 0 Å². The van der Waals surface area contributed by atoms with Crippen LogP contribution >= 0.6 is 0 Å². The summed E-state index contributed by atoms with van der Waals surface area (Å²) in [6.45, 7) is 9.11. The summed E-state index contributed by atoms with van der Waals surface area (Å²) >= 11 is 0. The van der Waals surface area contributed by atoms with Gasteiger partial charge in [0.25, 0.3) is 0 Å². The number of hydrogen-bond donors (Lipinski definition) is 0. The third-order valence-corrected chi connectivity index (χ3v) is 3.62. The van der Waals surface area contributed by atoms with Gasteiger partial charge in [-0.1, -0.05) is 6.07 Å². The Hall–Kier alpha value is -1.78. The highest BCUT2D eigenvalue weighted by molar-refractivity contribution is 5.68. The molecule has 1 amide bonds. The number of nitrogens with zero attached hydrogens (tertiary/aromatic N) is 3. The van der Waals surface area contributed by atoms with Gasteiger partial charge in [-0.3, -0.25) is 0 Å². The van der Waals surface area contributed by atoms with E-state index in [1.54, 1.807) is 4.90 Å². The van der Waals surface area contributed by atoms with E-state index in [4.69, 9.17) is 4.74 Å². The van der Waals surface area contributed by atoms with Gasteiger partial charge in [0.2, 0.25) is 0 Å². The molecule has 5 nitrogen and oxygen atoms in total. The second-order valence-electron chi connectivity index (χ2n) is 6.67. The molecule has 21 heavy (non-hydrogen) atoms. The summed E-state index contributed by atoms with van der Waals surface area (Å²) in [5.41, 5.74) is 0.702. The lowest BCUT2D eigenvalue weighted by molar-refractivity contribution is 0.0292. The van der Waals surface area contributed by atoms with E-state index in [2.05, 4.69) is 16.0 Å². The van der Waals surface area contributed by atoms with Crippen LogP contribution in [0.2, 0.25) is 0 Å². The first-order valence-corrected chi connectivity index (χ1v) is 7.40. The number of anilines is 1.